The molecule has 0 spiro atoms. The molecule has 1 aliphatic heterocycles. The minimum atomic E-state index is -0.188. The van der Waals surface area contributed by atoms with Crippen LogP contribution in [-0.4, -0.2) is 45.4 Å². The van der Waals surface area contributed by atoms with Gasteiger partial charge in [-0.25, -0.2) is 9.37 Å². The van der Waals surface area contributed by atoms with Crippen molar-refractivity contribution in [3.63, 3.8) is 0 Å². The molecule has 0 amide bonds. The topological polar surface area (TPSA) is 35.2 Å². The van der Waals surface area contributed by atoms with E-state index < -0.39 is 0 Å². The smallest absolute Gasteiger partial charge is 0.126 e. The van der Waals surface area contributed by atoms with Crippen LogP contribution in [0.25, 0.3) is 11.0 Å². The number of rotatable bonds is 4. The Hall–Kier alpha value is -2.24. The van der Waals surface area contributed by atoms with Crippen LogP contribution in [0.15, 0.2) is 48.5 Å². The molecule has 1 unspecified atom stereocenters. The molecule has 1 saturated heterocycles. The second-order valence-corrected chi connectivity index (χ2v) is 7.34. The van der Waals surface area contributed by atoms with Crippen molar-refractivity contribution in [3.05, 3.63) is 65.7 Å². The van der Waals surface area contributed by atoms with Gasteiger partial charge in [0.1, 0.15) is 11.6 Å². The molecule has 3 aromatic rings. The van der Waals surface area contributed by atoms with Crippen LogP contribution < -0.4 is 0 Å². The second-order valence-electron chi connectivity index (χ2n) is 7.34. The average molecular weight is 352 g/mol. The summed E-state index contributed by atoms with van der Waals surface area (Å²) in [6.07, 6.45) is 0. The summed E-state index contributed by atoms with van der Waals surface area (Å²) in [6.45, 7) is 8.23. The summed E-state index contributed by atoms with van der Waals surface area (Å²) in [5, 5.41) is 0. The number of fused-ring (bicyclic) bond motifs is 1. The molecule has 1 atom stereocenters. The van der Waals surface area contributed by atoms with Gasteiger partial charge in [-0.3, -0.25) is 9.80 Å². The fraction of sp³-hybridized carbons (Fsp3) is 0.381. The number of nitrogens with one attached hydrogen (secondary N) is 1. The van der Waals surface area contributed by atoms with Crippen molar-refractivity contribution < 1.29 is 4.39 Å². The first-order valence-electron chi connectivity index (χ1n) is 9.27. The molecule has 1 aliphatic rings. The first-order chi connectivity index (χ1) is 12.6. The minimum absolute atomic E-state index is 0.188. The molecule has 4 nitrogen and oxygen atoms in total. The van der Waals surface area contributed by atoms with Gasteiger partial charge in [-0.1, -0.05) is 24.3 Å². The van der Waals surface area contributed by atoms with Gasteiger partial charge in [-0.15, -0.1) is 0 Å². The molecule has 5 heteroatoms. The summed E-state index contributed by atoms with van der Waals surface area (Å²) in [5.41, 5.74) is 3.21. The first-order valence-corrected chi connectivity index (χ1v) is 9.27. The van der Waals surface area contributed by atoms with E-state index in [9.17, 15) is 4.39 Å². The third-order valence-corrected chi connectivity index (χ3v) is 5.28. The molecule has 1 N–H and O–H groups in total. The highest BCUT2D eigenvalue weighted by Gasteiger charge is 2.31. The van der Waals surface area contributed by atoms with Gasteiger partial charge in [0.2, 0.25) is 0 Å². The summed E-state index contributed by atoms with van der Waals surface area (Å²) in [5.74, 6) is 0.825. The van der Waals surface area contributed by atoms with Crippen LogP contribution in [0, 0.1) is 5.82 Å². The highest BCUT2D eigenvalue weighted by Crippen LogP contribution is 2.28. The molecular formula is C21H25FN4. The first kappa shape index (κ1) is 17.2. The van der Waals surface area contributed by atoms with Crippen LogP contribution in [0.2, 0.25) is 0 Å². The number of para-hydroxylation sites is 2. The van der Waals surface area contributed by atoms with Crippen molar-refractivity contribution in [2.75, 3.05) is 19.6 Å². The van der Waals surface area contributed by atoms with Crippen molar-refractivity contribution in [2.45, 2.75) is 32.5 Å². The van der Waals surface area contributed by atoms with Crippen LogP contribution in [0.3, 0.4) is 0 Å². The molecular weight excluding hydrogens is 327 g/mol. The van der Waals surface area contributed by atoms with E-state index >= 15 is 0 Å². The summed E-state index contributed by atoms with van der Waals surface area (Å²) in [4.78, 5) is 13.3. The number of nitrogens with zero attached hydrogens (tertiary/aromatic N) is 3. The highest BCUT2D eigenvalue weighted by atomic mass is 19.1. The summed E-state index contributed by atoms with van der Waals surface area (Å²) in [7, 11) is 0. The third-order valence-electron chi connectivity index (χ3n) is 5.28. The lowest BCUT2D eigenvalue weighted by Crippen LogP contribution is -2.50. The van der Waals surface area contributed by atoms with Gasteiger partial charge >= 0.3 is 0 Å². The Morgan fingerprint density at radius 1 is 1.12 bits per heavy atom. The van der Waals surface area contributed by atoms with Gasteiger partial charge < -0.3 is 4.98 Å². The number of hydrogen-bond donors (Lipinski definition) is 1. The van der Waals surface area contributed by atoms with E-state index in [0.29, 0.717) is 6.04 Å². The number of H-pyrrole nitrogens is 1. The maximum Gasteiger partial charge on any atom is 0.126 e. The lowest BCUT2D eigenvalue weighted by Gasteiger charge is -2.42. The largest absolute Gasteiger partial charge is 0.341 e. The third kappa shape index (κ3) is 3.50. The van der Waals surface area contributed by atoms with E-state index in [1.165, 1.54) is 12.1 Å². The van der Waals surface area contributed by atoms with Crippen molar-refractivity contribution in [3.8, 4) is 0 Å². The number of piperazine rings is 1. The second kappa shape index (κ2) is 7.17. The van der Waals surface area contributed by atoms with E-state index in [2.05, 4.69) is 34.7 Å². The van der Waals surface area contributed by atoms with Gasteiger partial charge in [0.25, 0.3) is 0 Å². The van der Waals surface area contributed by atoms with E-state index in [1.54, 1.807) is 0 Å². The highest BCUT2D eigenvalue weighted by molar-refractivity contribution is 5.74. The normalized spacial score (nSPS) is 19.5. The van der Waals surface area contributed by atoms with Crippen LogP contribution in [0.5, 0.6) is 0 Å². The van der Waals surface area contributed by atoms with Gasteiger partial charge in [-0.05, 0) is 43.7 Å². The summed E-state index contributed by atoms with van der Waals surface area (Å²) < 4.78 is 13.2. The van der Waals surface area contributed by atoms with Crippen molar-refractivity contribution in [1.29, 1.82) is 0 Å². The molecule has 0 bridgehead atoms. The fourth-order valence-electron chi connectivity index (χ4n) is 3.71. The predicted octanol–water partition coefficient (Wildman–Crippen LogP) is 3.97. The zero-order valence-corrected chi connectivity index (χ0v) is 15.3. The van der Waals surface area contributed by atoms with Crippen LogP contribution in [0.1, 0.15) is 31.3 Å². The van der Waals surface area contributed by atoms with Gasteiger partial charge in [0.05, 0.1) is 17.1 Å². The Morgan fingerprint density at radius 3 is 2.62 bits per heavy atom. The van der Waals surface area contributed by atoms with Crippen LogP contribution in [0.4, 0.5) is 4.39 Å². The standard InChI is InChI=1S/C21H25FN4/c1-15(2)25-11-12-26(13-16-7-9-17(22)10-8-16)20(14-25)21-23-18-5-3-4-6-19(18)24-21/h3-10,15,20H,11-14H2,1-2H3,(H,23,24). The van der Waals surface area contributed by atoms with E-state index in [-0.39, 0.29) is 11.9 Å². The van der Waals surface area contributed by atoms with Crippen molar-refractivity contribution in [2.24, 2.45) is 0 Å². The summed E-state index contributed by atoms with van der Waals surface area (Å²) in [6, 6.07) is 15.7. The molecule has 0 saturated carbocycles. The van der Waals surface area contributed by atoms with Crippen molar-refractivity contribution in [1.82, 2.24) is 19.8 Å². The van der Waals surface area contributed by atoms with Crippen molar-refractivity contribution >= 4 is 11.0 Å². The summed E-state index contributed by atoms with van der Waals surface area (Å²) >= 11 is 0. The van der Waals surface area contributed by atoms with Crippen LogP contribution in [-0.2, 0) is 6.54 Å². The number of benzene rings is 2. The number of aromatic nitrogens is 2. The molecule has 1 aromatic heterocycles. The minimum Gasteiger partial charge on any atom is -0.341 e. The fourth-order valence-corrected chi connectivity index (χ4v) is 3.71. The Balaban J connectivity index is 1.63. The Labute approximate surface area is 153 Å². The van der Waals surface area contributed by atoms with Crippen LogP contribution >= 0.6 is 0 Å². The van der Waals surface area contributed by atoms with E-state index in [4.69, 9.17) is 4.98 Å². The van der Waals surface area contributed by atoms with Gasteiger partial charge in [0, 0.05) is 32.2 Å². The zero-order chi connectivity index (χ0) is 18.1. The monoisotopic (exact) mass is 352 g/mol. The SMILES string of the molecule is CC(C)N1CCN(Cc2ccc(F)cc2)C(c2nc3ccccc3[nH]2)C1. The molecule has 0 aliphatic carbocycles. The molecule has 26 heavy (non-hydrogen) atoms. The molecule has 136 valence electrons. The Morgan fingerprint density at radius 2 is 1.88 bits per heavy atom. The van der Waals surface area contributed by atoms with E-state index in [0.717, 1.165) is 48.6 Å². The number of hydrogen-bond acceptors (Lipinski definition) is 3. The molecule has 1 fully saturated rings. The Kier molecular flexibility index (Phi) is 4.74. The number of halogens is 1. The average Bonchev–Trinajstić information content (AvgIpc) is 3.07. The molecule has 0 radical (unpaired) electrons. The zero-order valence-electron chi connectivity index (χ0n) is 15.3. The molecule has 4 rings (SSSR count). The molecule has 2 aromatic carbocycles. The molecule has 2 heterocycles. The lowest BCUT2D eigenvalue weighted by atomic mass is 10.1. The number of imidazole rings is 1. The quantitative estimate of drug-likeness (QED) is 0.772. The van der Waals surface area contributed by atoms with Gasteiger partial charge in [-0.2, -0.15) is 0 Å². The number of aromatic amines is 1. The lowest BCUT2D eigenvalue weighted by molar-refractivity contribution is 0.0471. The van der Waals surface area contributed by atoms with E-state index in [1.807, 2.05) is 30.3 Å². The maximum absolute atomic E-state index is 13.2. The Bertz CT molecular complexity index is 838. The predicted molar refractivity (Wildman–Crippen MR) is 102 cm³/mol. The van der Waals surface area contributed by atoms with Gasteiger partial charge in [0.15, 0.2) is 0 Å². The maximum atomic E-state index is 13.2.